The molecule has 0 unspecified atom stereocenters. The average Bonchev–Trinajstić information content (AvgIpc) is 3.19. The predicted molar refractivity (Wildman–Crippen MR) is 125 cm³/mol. The zero-order valence-electron chi connectivity index (χ0n) is 19.5. The van der Waals surface area contributed by atoms with Crippen LogP contribution >= 0.6 is 0 Å². The lowest BCUT2D eigenvalue weighted by Crippen LogP contribution is -2.44. The summed E-state index contributed by atoms with van der Waals surface area (Å²) in [5.41, 5.74) is 3.91. The number of fused-ring (bicyclic) bond motifs is 1. The molecule has 190 valence electrons. The number of nitrogens with one attached hydrogen (secondary N) is 1. The first-order valence-electron chi connectivity index (χ1n) is 10.8. The van der Waals surface area contributed by atoms with Crippen molar-refractivity contribution in [2.75, 3.05) is 27.2 Å². The van der Waals surface area contributed by atoms with Crippen LogP contribution in [0.2, 0.25) is 0 Å². The summed E-state index contributed by atoms with van der Waals surface area (Å²) in [5, 5.41) is 8.17. The quantitative estimate of drug-likeness (QED) is 0.550. The number of likely N-dealkylation sites (tertiary alicyclic amines) is 1. The number of aryl methyl sites for hydroxylation is 1. The summed E-state index contributed by atoms with van der Waals surface area (Å²) >= 11 is 0. The summed E-state index contributed by atoms with van der Waals surface area (Å²) < 4.78 is 59.4. The molecule has 1 aromatic carbocycles. The Hall–Kier alpha value is -2.96. The largest absolute Gasteiger partial charge is 0.490 e. The number of rotatable bonds is 4. The minimum absolute atomic E-state index is 0.0588. The molecule has 0 amide bonds. The number of pyridine rings is 1. The second-order valence-electron chi connectivity index (χ2n) is 8.46. The number of H-pyrrole nitrogens is 1. The topological polar surface area (TPSA) is 107 Å². The van der Waals surface area contributed by atoms with Crippen molar-refractivity contribution in [1.29, 1.82) is 0 Å². The van der Waals surface area contributed by atoms with Crippen molar-refractivity contribution < 1.29 is 31.5 Å². The van der Waals surface area contributed by atoms with Crippen LogP contribution in [0.25, 0.3) is 22.2 Å². The Bertz CT molecular complexity index is 1280. The van der Waals surface area contributed by atoms with Crippen molar-refractivity contribution >= 4 is 27.0 Å². The molecule has 1 saturated heterocycles. The highest BCUT2D eigenvalue weighted by Gasteiger charge is 2.38. The van der Waals surface area contributed by atoms with E-state index in [1.807, 2.05) is 25.1 Å². The van der Waals surface area contributed by atoms with Crippen LogP contribution < -0.4 is 0 Å². The van der Waals surface area contributed by atoms with Gasteiger partial charge in [-0.05, 0) is 75.3 Å². The molecular formula is C23H27F3N4O4S. The van der Waals surface area contributed by atoms with Crippen molar-refractivity contribution in [3.8, 4) is 11.1 Å². The number of halogens is 3. The minimum atomic E-state index is -5.08. The first-order chi connectivity index (χ1) is 16.3. The molecule has 2 N–H and O–H groups in total. The Labute approximate surface area is 201 Å². The second kappa shape index (κ2) is 10.3. The molecule has 0 atom stereocenters. The Morgan fingerprint density at radius 2 is 1.74 bits per heavy atom. The number of aromatic amines is 1. The first kappa shape index (κ1) is 26.6. The maximum absolute atomic E-state index is 13.1. The number of carbonyl (C=O) groups is 1. The number of piperidine rings is 1. The van der Waals surface area contributed by atoms with E-state index < -0.39 is 22.2 Å². The fraction of sp³-hybridized carbons (Fsp3) is 0.391. The monoisotopic (exact) mass is 512 g/mol. The fourth-order valence-corrected chi connectivity index (χ4v) is 5.35. The molecule has 1 fully saturated rings. The van der Waals surface area contributed by atoms with Crippen molar-refractivity contribution in [1.82, 2.24) is 19.2 Å². The van der Waals surface area contributed by atoms with Crippen LogP contribution in [-0.2, 0) is 14.8 Å². The van der Waals surface area contributed by atoms with Gasteiger partial charge in [0.05, 0.1) is 4.90 Å². The number of carboxylic acids is 1. The highest BCUT2D eigenvalue weighted by molar-refractivity contribution is 7.89. The van der Waals surface area contributed by atoms with Crippen molar-refractivity contribution in [3.05, 3.63) is 48.3 Å². The summed E-state index contributed by atoms with van der Waals surface area (Å²) in [5.74, 6) is -2.76. The number of carboxylic acid groups (broad SMARTS) is 1. The lowest BCUT2D eigenvalue weighted by Gasteiger charge is -2.34. The van der Waals surface area contributed by atoms with Gasteiger partial charge in [0, 0.05) is 30.4 Å². The third-order valence-electron chi connectivity index (χ3n) is 5.95. The van der Waals surface area contributed by atoms with Gasteiger partial charge in [-0.15, -0.1) is 0 Å². The lowest BCUT2D eigenvalue weighted by molar-refractivity contribution is -0.192. The molecule has 3 aromatic rings. The van der Waals surface area contributed by atoms with Gasteiger partial charge in [0.1, 0.15) is 5.65 Å². The van der Waals surface area contributed by atoms with Gasteiger partial charge in [-0.1, -0.05) is 12.1 Å². The van der Waals surface area contributed by atoms with E-state index in [4.69, 9.17) is 9.90 Å². The zero-order valence-corrected chi connectivity index (χ0v) is 20.3. The molecular weight excluding hydrogens is 485 g/mol. The molecule has 35 heavy (non-hydrogen) atoms. The molecule has 0 aliphatic carbocycles. The second-order valence-corrected chi connectivity index (χ2v) is 10.5. The maximum Gasteiger partial charge on any atom is 0.490 e. The summed E-state index contributed by atoms with van der Waals surface area (Å²) in [4.78, 5) is 19.1. The summed E-state index contributed by atoms with van der Waals surface area (Å²) in [6.45, 7) is 3.86. The van der Waals surface area contributed by atoms with Gasteiger partial charge in [-0.2, -0.15) is 17.5 Å². The van der Waals surface area contributed by atoms with E-state index in [2.05, 4.69) is 28.0 Å². The van der Waals surface area contributed by atoms with E-state index in [-0.39, 0.29) is 6.04 Å². The van der Waals surface area contributed by atoms with Crippen LogP contribution in [0, 0.1) is 6.92 Å². The summed E-state index contributed by atoms with van der Waals surface area (Å²) in [6.07, 6.45) is -1.58. The third-order valence-corrected chi connectivity index (χ3v) is 7.88. The molecule has 8 nitrogen and oxygen atoms in total. The number of hydrogen-bond donors (Lipinski definition) is 2. The SMILES string of the molecule is Cc1cc2c(-c3ccc(S(=O)(=O)N(C)C4CCN(C)CC4)cc3)ccnc2[nH]1.O=C(O)C(F)(F)F. The molecule has 2 aromatic heterocycles. The number of nitrogens with zero attached hydrogens (tertiary/aromatic N) is 3. The molecule has 12 heteroatoms. The zero-order chi connectivity index (χ0) is 26.0. The van der Waals surface area contributed by atoms with Crippen LogP contribution in [0.15, 0.2) is 47.5 Å². The number of benzene rings is 1. The molecule has 4 rings (SSSR count). The van der Waals surface area contributed by atoms with Gasteiger partial charge >= 0.3 is 12.1 Å². The number of hydrogen-bond acceptors (Lipinski definition) is 5. The van der Waals surface area contributed by atoms with E-state index in [1.54, 1.807) is 29.7 Å². The highest BCUT2D eigenvalue weighted by atomic mass is 32.2. The molecule has 0 radical (unpaired) electrons. The standard InChI is InChI=1S/C21H26N4O2S.C2HF3O2/c1-15-14-20-19(8-11-22-21(20)23-15)16-4-6-18(7-5-16)28(26,27)25(3)17-9-12-24(2)13-10-17;3-2(4,5)1(6)7/h4-8,11,14,17H,9-10,12-13H2,1-3H3,(H,22,23);(H,6,7). The van der Waals surface area contributed by atoms with E-state index in [9.17, 15) is 21.6 Å². The Balaban J connectivity index is 0.000000429. The van der Waals surface area contributed by atoms with Gasteiger partial charge in [0.15, 0.2) is 0 Å². The van der Waals surface area contributed by atoms with Crippen LogP contribution in [-0.4, -0.2) is 78.1 Å². The molecule has 0 spiro atoms. The fourth-order valence-electron chi connectivity index (χ4n) is 3.94. The average molecular weight is 513 g/mol. The molecule has 1 aliphatic rings. The van der Waals surface area contributed by atoms with Gasteiger partial charge in [0.25, 0.3) is 0 Å². The van der Waals surface area contributed by atoms with Gasteiger partial charge < -0.3 is 15.0 Å². The molecule has 1 aliphatic heterocycles. The van der Waals surface area contributed by atoms with E-state index in [0.717, 1.165) is 53.8 Å². The maximum atomic E-state index is 13.1. The molecule has 0 bridgehead atoms. The minimum Gasteiger partial charge on any atom is -0.475 e. The molecule has 3 heterocycles. The smallest absolute Gasteiger partial charge is 0.475 e. The van der Waals surface area contributed by atoms with Gasteiger partial charge in [-0.3, -0.25) is 0 Å². The van der Waals surface area contributed by atoms with E-state index >= 15 is 0 Å². The Morgan fingerprint density at radius 1 is 1.17 bits per heavy atom. The Kier molecular flexibility index (Phi) is 7.87. The van der Waals surface area contributed by atoms with E-state index in [0.29, 0.717) is 4.90 Å². The van der Waals surface area contributed by atoms with Crippen LogP contribution in [0.1, 0.15) is 18.5 Å². The molecule has 0 saturated carbocycles. The number of aliphatic carboxylic acids is 1. The predicted octanol–water partition coefficient (Wildman–Crippen LogP) is 3.89. The summed E-state index contributed by atoms with van der Waals surface area (Å²) in [6, 6.07) is 11.3. The van der Waals surface area contributed by atoms with Gasteiger partial charge in [-0.25, -0.2) is 18.2 Å². The van der Waals surface area contributed by atoms with Crippen LogP contribution in [0.4, 0.5) is 13.2 Å². The van der Waals surface area contributed by atoms with Crippen molar-refractivity contribution in [2.24, 2.45) is 0 Å². The lowest BCUT2D eigenvalue weighted by atomic mass is 10.0. The third kappa shape index (κ3) is 6.19. The van der Waals surface area contributed by atoms with Crippen molar-refractivity contribution in [2.45, 2.75) is 36.9 Å². The van der Waals surface area contributed by atoms with Crippen LogP contribution in [0.3, 0.4) is 0 Å². The van der Waals surface area contributed by atoms with Gasteiger partial charge in [0.2, 0.25) is 10.0 Å². The first-order valence-corrected chi connectivity index (χ1v) is 12.3. The summed E-state index contributed by atoms with van der Waals surface area (Å²) in [7, 11) is 0.280. The van der Waals surface area contributed by atoms with Crippen LogP contribution in [0.5, 0.6) is 0 Å². The normalized spacial score (nSPS) is 15.7. The number of aromatic nitrogens is 2. The van der Waals surface area contributed by atoms with E-state index in [1.165, 1.54) is 0 Å². The van der Waals surface area contributed by atoms with Crippen molar-refractivity contribution in [3.63, 3.8) is 0 Å². The highest BCUT2D eigenvalue weighted by Crippen LogP contribution is 2.30. The number of sulfonamides is 1. The number of alkyl halides is 3. The Morgan fingerprint density at radius 3 is 2.29 bits per heavy atom.